The maximum atomic E-state index is 5.34. The molecule has 1 N–H and O–H groups in total. The molecule has 1 aromatic rings. The Hall–Kier alpha value is -1.02. The van der Waals surface area contributed by atoms with Gasteiger partial charge in [0.25, 0.3) is 0 Å². The molecule has 96 valence electrons. The van der Waals surface area contributed by atoms with Crippen LogP contribution in [0.25, 0.3) is 0 Å². The minimum atomic E-state index is 0.778. The number of rotatable bonds is 3. The van der Waals surface area contributed by atoms with Gasteiger partial charge in [0.15, 0.2) is 0 Å². The van der Waals surface area contributed by atoms with Gasteiger partial charge in [0.1, 0.15) is 0 Å². The Morgan fingerprint density at radius 1 is 1.12 bits per heavy atom. The van der Waals surface area contributed by atoms with Crippen molar-refractivity contribution < 1.29 is 4.74 Å². The van der Waals surface area contributed by atoms with Crippen LogP contribution in [0, 0.1) is 12.8 Å². The van der Waals surface area contributed by atoms with Crippen LogP contribution in [-0.4, -0.2) is 19.8 Å². The summed E-state index contributed by atoms with van der Waals surface area (Å²) in [6, 6.07) is 8.59. The summed E-state index contributed by atoms with van der Waals surface area (Å²) in [5, 5.41) is 3.49. The summed E-state index contributed by atoms with van der Waals surface area (Å²) >= 11 is 0. The minimum absolute atomic E-state index is 0.778. The van der Waals surface area contributed by atoms with Crippen LogP contribution >= 0.6 is 0 Å². The van der Waals surface area contributed by atoms with Crippen molar-refractivity contribution in [3.05, 3.63) is 29.8 Å². The predicted octanol–water partition coefficient (Wildman–Crippen LogP) is 3.86. The number of nitrogens with one attached hydrogen (secondary N) is 1. The molecule has 0 aromatic heterocycles. The van der Waals surface area contributed by atoms with Crippen LogP contribution in [0.15, 0.2) is 24.3 Å². The van der Waals surface area contributed by atoms with Crippen LogP contribution < -0.4 is 5.32 Å². The number of hydrogen-bond acceptors (Lipinski definition) is 2. The van der Waals surface area contributed by atoms with Gasteiger partial charge in [0.05, 0.1) is 0 Å². The van der Waals surface area contributed by atoms with E-state index in [1.54, 1.807) is 0 Å². The van der Waals surface area contributed by atoms with Gasteiger partial charge in [-0.3, -0.25) is 0 Å². The molecule has 1 heterocycles. The standard InChI is InChI=1S/C13H19NO.C2H6/c1-11-2-4-13(5-3-11)14-10-12-6-8-15-9-7-12;1-2/h2-5,12,14H,6-10H2,1H3;1-2H3. The SMILES string of the molecule is CC.Cc1ccc(NCC2CCOCC2)cc1. The number of anilines is 1. The van der Waals surface area contributed by atoms with Crippen LogP contribution in [0.5, 0.6) is 0 Å². The van der Waals surface area contributed by atoms with Gasteiger partial charge in [0, 0.05) is 25.4 Å². The maximum absolute atomic E-state index is 5.34. The molecule has 0 unspecified atom stereocenters. The zero-order valence-electron chi connectivity index (χ0n) is 11.3. The first-order valence-electron chi connectivity index (χ1n) is 6.73. The molecule has 0 saturated carbocycles. The van der Waals surface area contributed by atoms with Crippen LogP contribution in [0.2, 0.25) is 0 Å². The van der Waals surface area contributed by atoms with Gasteiger partial charge in [-0.1, -0.05) is 31.5 Å². The highest BCUT2D eigenvalue weighted by Crippen LogP contribution is 2.16. The number of aryl methyl sites for hydroxylation is 1. The molecular formula is C15H25NO. The van der Waals surface area contributed by atoms with Gasteiger partial charge < -0.3 is 10.1 Å². The van der Waals surface area contributed by atoms with Crippen molar-refractivity contribution in [2.24, 2.45) is 5.92 Å². The van der Waals surface area contributed by atoms with Crippen molar-refractivity contribution >= 4 is 5.69 Å². The van der Waals surface area contributed by atoms with Gasteiger partial charge in [-0.15, -0.1) is 0 Å². The van der Waals surface area contributed by atoms with Gasteiger partial charge in [0.2, 0.25) is 0 Å². The molecular weight excluding hydrogens is 210 g/mol. The van der Waals surface area contributed by atoms with Crippen LogP contribution in [-0.2, 0) is 4.74 Å². The number of benzene rings is 1. The average Bonchev–Trinajstić information content (AvgIpc) is 2.42. The zero-order chi connectivity index (χ0) is 12.5. The highest BCUT2D eigenvalue weighted by molar-refractivity contribution is 5.44. The van der Waals surface area contributed by atoms with Crippen molar-refractivity contribution in [1.82, 2.24) is 0 Å². The molecule has 0 aliphatic carbocycles. The van der Waals surface area contributed by atoms with E-state index in [2.05, 4.69) is 36.5 Å². The predicted molar refractivity (Wildman–Crippen MR) is 74.6 cm³/mol. The topological polar surface area (TPSA) is 21.3 Å². The highest BCUT2D eigenvalue weighted by atomic mass is 16.5. The highest BCUT2D eigenvalue weighted by Gasteiger charge is 2.12. The van der Waals surface area contributed by atoms with Gasteiger partial charge in [-0.2, -0.15) is 0 Å². The summed E-state index contributed by atoms with van der Waals surface area (Å²) in [5.74, 6) is 0.778. The van der Waals surface area contributed by atoms with Crippen molar-refractivity contribution in [3.8, 4) is 0 Å². The Bertz CT molecular complexity index is 288. The lowest BCUT2D eigenvalue weighted by Crippen LogP contribution is -2.22. The molecule has 0 atom stereocenters. The minimum Gasteiger partial charge on any atom is -0.385 e. The van der Waals surface area contributed by atoms with Crippen LogP contribution in [0.4, 0.5) is 5.69 Å². The zero-order valence-corrected chi connectivity index (χ0v) is 11.3. The quantitative estimate of drug-likeness (QED) is 0.859. The van der Waals surface area contributed by atoms with E-state index in [1.165, 1.54) is 24.1 Å². The van der Waals surface area contributed by atoms with E-state index in [0.717, 1.165) is 25.7 Å². The van der Waals surface area contributed by atoms with E-state index < -0.39 is 0 Å². The smallest absolute Gasteiger partial charge is 0.0469 e. The van der Waals surface area contributed by atoms with Crippen LogP contribution in [0.3, 0.4) is 0 Å². The number of hydrogen-bond donors (Lipinski definition) is 1. The lowest BCUT2D eigenvalue weighted by molar-refractivity contribution is 0.0699. The van der Waals surface area contributed by atoms with Crippen molar-refractivity contribution in [1.29, 1.82) is 0 Å². The van der Waals surface area contributed by atoms with Crippen LogP contribution in [0.1, 0.15) is 32.3 Å². The summed E-state index contributed by atoms with van der Waals surface area (Å²) in [5.41, 5.74) is 2.54. The largest absolute Gasteiger partial charge is 0.385 e. The molecule has 1 aromatic carbocycles. The first-order valence-corrected chi connectivity index (χ1v) is 6.73. The summed E-state index contributed by atoms with van der Waals surface area (Å²) in [6.45, 7) is 9.05. The molecule has 1 aliphatic heterocycles. The average molecular weight is 235 g/mol. The summed E-state index contributed by atoms with van der Waals surface area (Å²) < 4.78 is 5.34. The lowest BCUT2D eigenvalue weighted by Gasteiger charge is -2.22. The second-order valence-electron chi connectivity index (χ2n) is 4.30. The Morgan fingerprint density at radius 3 is 2.29 bits per heavy atom. The van der Waals surface area contributed by atoms with Gasteiger partial charge in [-0.05, 0) is 37.8 Å². The lowest BCUT2D eigenvalue weighted by atomic mass is 10.0. The Labute approximate surface area is 105 Å². The van der Waals surface area contributed by atoms with E-state index in [-0.39, 0.29) is 0 Å². The van der Waals surface area contributed by atoms with E-state index in [4.69, 9.17) is 4.74 Å². The summed E-state index contributed by atoms with van der Waals surface area (Å²) in [7, 11) is 0. The van der Waals surface area contributed by atoms with Gasteiger partial charge >= 0.3 is 0 Å². The first kappa shape index (κ1) is 14.0. The molecule has 0 bridgehead atoms. The van der Waals surface area contributed by atoms with Gasteiger partial charge in [-0.25, -0.2) is 0 Å². The second-order valence-corrected chi connectivity index (χ2v) is 4.30. The second kappa shape index (κ2) is 8.13. The molecule has 1 aliphatic rings. The summed E-state index contributed by atoms with van der Waals surface area (Å²) in [4.78, 5) is 0. The van der Waals surface area contributed by atoms with E-state index in [0.29, 0.717) is 0 Å². The Morgan fingerprint density at radius 2 is 1.71 bits per heavy atom. The third-order valence-corrected chi connectivity index (χ3v) is 2.99. The molecule has 1 fully saturated rings. The van der Waals surface area contributed by atoms with E-state index in [9.17, 15) is 0 Å². The third-order valence-electron chi connectivity index (χ3n) is 2.99. The molecule has 2 rings (SSSR count). The maximum Gasteiger partial charge on any atom is 0.0469 e. The third kappa shape index (κ3) is 5.22. The number of ether oxygens (including phenoxy) is 1. The molecule has 1 saturated heterocycles. The van der Waals surface area contributed by atoms with Crippen molar-refractivity contribution in [2.45, 2.75) is 33.6 Å². The fraction of sp³-hybridized carbons (Fsp3) is 0.600. The monoisotopic (exact) mass is 235 g/mol. The van der Waals surface area contributed by atoms with E-state index >= 15 is 0 Å². The fourth-order valence-electron chi connectivity index (χ4n) is 1.88. The Kier molecular flexibility index (Phi) is 6.71. The molecule has 0 spiro atoms. The fourth-order valence-corrected chi connectivity index (χ4v) is 1.88. The first-order chi connectivity index (χ1) is 8.34. The normalized spacial score (nSPS) is 15.9. The van der Waals surface area contributed by atoms with E-state index in [1.807, 2.05) is 13.8 Å². The molecule has 17 heavy (non-hydrogen) atoms. The summed E-state index contributed by atoms with van der Waals surface area (Å²) in [6.07, 6.45) is 2.39. The molecule has 2 nitrogen and oxygen atoms in total. The molecule has 0 radical (unpaired) electrons. The van der Waals surface area contributed by atoms with Crippen molar-refractivity contribution in [3.63, 3.8) is 0 Å². The Balaban J connectivity index is 0.000000686. The van der Waals surface area contributed by atoms with Crippen molar-refractivity contribution in [2.75, 3.05) is 25.1 Å². The molecule has 0 amide bonds. The molecule has 2 heteroatoms.